The molecule has 0 saturated heterocycles. The third kappa shape index (κ3) is 6.27. The number of nitrogens with one attached hydrogen (secondary N) is 2. The number of hydrogen-bond acceptors (Lipinski definition) is 6. The number of ether oxygens (including phenoxy) is 2. The quantitative estimate of drug-likeness (QED) is 0.701. The topological polar surface area (TPSA) is 93.7 Å². The van der Waals surface area contributed by atoms with Gasteiger partial charge in [0.2, 0.25) is 0 Å². The number of esters is 1. The molecule has 0 aliphatic rings. The van der Waals surface area contributed by atoms with Crippen LogP contribution in [0.25, 0.3) is 0 Å². The highest BCUT2D eigenvalue weighted by Crippen LogP contribution is 2.15. The molecule has 25 heavy (non-hydrogen) atoms. The van der Waals surface area contributed by atoms with Crippen molar-refractivity contribution in [3.05, 3.63) is 46.7 Å². The van der Waals surface area contributed by atoms with E-state index in [0.717, 1.165) is 0 Å². The molecule has 0 bridgehead atoms. The Morgan fingerprint density at radius 2 is 1.88 bits per heavy atom. The Morgan fingerprint density at radius 1 is 1.12 bits per heavy atom. The molecule has 2 aromatic rings. The fourth-order valence-corrected chi connectivity index (χ4v) is 2.48. The van der Waals surface area contributed by atoms with Gasteiger partial charge in [-0.25, -0.2) is 0 Å². The van der Waals surface area contributed by atoms with Gasteiger partial charge in [-0.1, -0.05) is 6.07 Å². The molecule has 0 spiro atoms. The summed E-state index contributed by atoms with van der Waals surface area (Å²) in [6.07, 6.45) is 0. The Balaban J connectivity index is 1.68. The van der Waals surface area contributed by atoms with E-state index in [-0.39, 0.29) is 12.5 Å². The Kier molecular flexibility index (Phi) is 6.97. The van der Waals surface area contributed by atoms with Gasteiger partial charge in [-0.3, -0.25) is 14.4 Å². The molecule has 2 amide bonds. The number of hydrogen-bond donors (Lipinski definition) is 2. The van der Waals surface area contributed by atoms with Gasteiger partial charge in [0, 0.05) is 5.69 Å². The van der Waals surface area contributed by atoms with E-state index in [1.807, 2.05) is 6.92 Å². The Bertz CT molecular complexity index is 713. The van der Waals surface area contributed by atoms with Crippen LogP contribution in [0.1, 0.15) is 16.6 Å². The minimum Gasteiger partial charge on any atom is -0.494 e. The fourth-order valence-electron chi connectivity index (χ4n) is 1.84. The first-order valence-electron chi connectivity index (χ1n) is 7.58. The molecule has 0 aliphatic carbocycles. The smallest absolute Gasteiger partial charge is 0.325 e. The monoisotopic (exact) mass is 362 g/mol. The van der Waals surface area contributed by atoms with Crippen LogP contribution >= 0.6 is 11.3 Å². The molecule has 0 saturated carbocycles. The number of anilines is 1. The number of amides is 2. The molecule has 8 heteroatoms. The van der Waals surface area contributed by atoms with Crippen LogP contribution < -0.4 is 15.4 Å². The van der Waals surface area contributed by atoms with Gasteiger partial charge in [0.1, 0.15) is 12.3 Å². The molecule has 0 radical (unpaired) electrons. The SMILES string of the molecule is CCOc1ccc(NC(=O)COC(=O)CNC(=O)c2cccs2)cc1. The molecule has 7 nitrogen and oxygen atoms in total. The number of carbonyl (C=O) groups excluding carboxylic acids is 3. The number of carbonyl (C=O) groups is 3. The van der Waals surface area contributed by atoms with Crippen molar-refractivity contribution in [2.45, 2.75) is 6.92 Å². The normalized spacial score (nSPS) is 9.96. The minimum atomic E-state index is -0.688. The molecule has 1 aromatic carbocycles. The van der Waals surface area contributed by atoms with Crippen molar-refractivity contribution in [3.63, 3.8) is 0 Å². The first-order valence-corrected chi connectivity index (χ1v) is 8.46. The van der Waals surface area contributed by atoms with Crippen LogP contribution in [0.4, 0.5) is 5.69 Å². The summed E-state index contributed by atoms with van der Waals surface area (Å²) in [5.74, 6) is -0.812. The average Bonchev–Trinajstić information content (AvgIpc) is 3.14. The second kappa shape index (κ2) is 9.43. The molecule has 1 heterocycles. The highest BCUT2D eigenvalue weighted by molar-refractivity contribution is 7.12. The lowest BCUT2D eigenvalue weighted by molar-refractivity contribution is -0.146. The van der Waals surface area contributed by atoms with Crippen molar-refractivity contribution in [2.24, 2.45) is 0 Å². The lowest BCUT2D eigenvalue weighted by atomic mass is 10.3. The second-order valence-corrected chi connectivity index (χ2v) is 5.77. The zero-order valence-corrected chi connectivity index (χ0v) is 14.4. The number of thiophene rings is 1. The maximum Gasteiger partial charge on any atom is 0.325 e. The fraction of sp³-hybridized carbons (Fsp3) is 0.235. The van der Waals surface area contributed by atoms with E-state index < -0.39 is 18.5 Å². The van der Waals surface area contributed by atoms with Gasteiger partial charge in [-0.2, -0.15) is 0 Å². The molecule has 0 atom stereocenters. The maximum absolute atomic E-state index is 11.7. The summed E-state index contributed by atoms with van der Waals surface area (Å²) in [6, 6.07) is 10.2. The Hall–Kier alpha value is -2.87. The van der Waals surface area contributed by atoms with Crippen LogP contribution in [0.15, 0.2) is 41.8 Å². The Labute approximate surface area is 148 Å². The lowest BCUT2D eigenvalue weighted by Gasteiger charge is -2.08. The summed E-state index contributed by atoms with van der Waals surface area (Å²) in [6.45, 7) is 1.71. The standard InChI is InChI=1S/C17H18N2O5S/c1-2-23-13-7-5-12(6-8-13)19-15(20)11-24-16(21)10-18-17(22)14-4-3-9-25-14/h3-9H,2,10-11H2,1H3,(H,18,22)(H,19,20). The maximum atomic E-state index is 11.7. The molecular formula is C17H18N2O5S. The average molecular weight is 362 g/mol. The van der Waals surface area contributed by atoms with E-state index in [1.54, 1.807) is 41.8 Å². The first-order chi connectivity index (χ1) is 12.1. The van der Waals surface area contributed by atoms with Crippen molar-refractivity contribution in [3.8, 4) is 5.75 Å². The number of rotatable bonds is 8. The van der Waals surface area contributed by atoms with Crippen LogP contribution in [0.3, 0.4) is 0 Å². The van der Waals surface area contributed by atoms with E-state index in [0.29, 0.717) is 22.9 Å². The summed E-state index contributed by atoms with van der Waals surface area (Å²) in [7, 11) is 0. The Morgan fingerprint density at radius 3 is 2.52 bits per heavy atom. The van der Waals surface area contributed by atoms with Gasteiger partial charge in [0.05, 0.1) is 11.5 Å². The van der Waals surface area contributed by atoms with Crippen molar-refractivity contribution in [1.82, 2.24) is 5.32 Å². The van der Waals surface area contributed by atoms with E-state index >= 15 is 0 Å². The van der Waals surface area contributed by atoms with E-state index in [9.17, 15) is 14.4 Å². The van der Waals surface area contributed by atoms with Gasteiger partial charge >= 0.3 is 5.97 Å². The van der Waals surface area contributed by atoms with Gasteiger partial charge < -0.3 is 20.1 Å². The molecule has 2 rings (SSSR count). The van der Waals surface area contributed by atoms with Crippen molar-refractivity contribution < 1.29 is 23.9 Å². The molecular weight excluding hydrogens is 344 g/mol. The third-order valence-electron chi connectivity index (χ3n) is 2.95. The van der Waals surface area contributed by atoms with E-state index in [4.69, 9.17) is 9.47 Å². The molecule has 132 valence electrons. The summed E-state index contributed by atoms with van der Waals surface area (Å²) in [4.78, 5) is 35.5. The summed E-state index contributed by atoms with van der Waals surface area (Å²) < 4.78 is 10.1. The van der Waals surface area contributed by atoms with Crippen LogP contribution in [-0.2, 0) is 14.3 Å². The van der Waals surface area contributed by atoms with Crippen LogP contribution in [-0.4, -0.2) is 37.5 Å². The van der Waals surface area contributed by atoms with Gasteiger partial charge in [-0.15, -0.1) is 11.3 Å². The minimum absolute atomic E-state index is 0.299. The summed E-state index contributed by atoms with van der Waals surface area (Å²) >= 11 is 1.27. The largest absolute Gasteiger partial charge is 0.494 e. The predicted molar refractivity (Wildman–Crippen MR) is 93.9 cm³/mol. The third-order valence-corrected chi connectivity index (χ3v) is 3.82. The molecule has 1 aromatic heterocycles. The lowest BCUT2D eigenvalue weighted by Crippen LogP contribution is -2.31. The van der Waals surface area contributed by atoms with Crippen molar-refractivity contribution in [2.75, 3.05) is 25.1 Å². The molecule has 0 unspecified atom stereocenters. The van der Waals surface area contributed by atoms with Crippen LogP contribution in [0, 0.1) is 0 Å². The van der Waals surface area contributed by atoms with Gasteiger partial charge in [0.25, 0.3) is 11.8 Å². The zero-order valence-electron chi connectivity index (χ0n) is 13.6. The summed E-state index contributed by atoms with van der Waals surface area (Å²) in [5.41, 5.74) is 0.565. The van der Waals surface area contributed by atoms with Gasteiger partial charge in [0.15, 0.2) is 6.61 Å². The predicted octanol–water partition coefficient (Wildman–Crippen LogP) is 2.06. The number of benzene rings is 1. The van der Waals surface area contributed by atoms with Crippen molar-refractivity contribution in [1.29, 1.82) is 0 Å². The molecule has 0 aliphatic heterocycles. The van der Waals surface area contributed by atoms with E-state index in [1.165, 1.54) is 11.3 Å². The van der Waals surface area contributed by atoms with Crippen LogP contribution in [0.2, 0.25) is 0 Å². The van der Waals surface area contributed by atoms with Crippen LogP contribution in [0.5, 0.6) is 5.75 Å². The van der Waals surface area contributed by atoms with E-state index in [2.05, 4.69) is 10.6 Å². The zero-order chi connectivity index (χ0) is 18.1. The van der Waals surface area contributed by atoms with Crippen molar-refractivity contribution >= 4 is 34.8 Å². The molecule has 0 fully saturated rings. The highest BCUT2D eigenvalue weighted by Gasteiger charge is 2.11. The molecule has 2 N–H and O–H groups in total. The highest BCUT2D eigenvalue weighted by atomic mass is 32.1. The first kappa shape index (κ1) is 18.5. The second-order valence-electron chi connectivity index (χ2n) is 4.83. The summed E-state index contributed by atoms with van der Waals surface area (Å²) in [5, 5.41) is 6.79. The van der Waals surface area contributed by atoms with Gasteiger partial charge in [-0.05, 0) is 42.6 Å².